The third-order valence-corrected chi connectivity index (χ3v) is 5.02. The highest BCUT2D eigenvalue weighted by atomic mass is 35.5. The number of benzene rings is 1. The zero-order valence-electron chi connectivity index (χ0n) is 12.8. The molecule has 0 heterocycles. The fourth-order valence-corrected chi connectivity index (χ4v) is 3.14. The predicted octanol–water partition coefficient (Wildman–Crippen LogP) is 5.47. The number of carbonyl (C=O) groups is 1. The van der Waals surface area contributed by atoms with Crippen LogP contribution in [0.4, 0.5) is 5.69 Å². The van der Waals surface area contributed by atoms with Gasteiger partial charge in [0.2, 0.25) is 5.91 Å². The standard InChI is InChI=1S/C17H21Cl2NO2/c1-3-11-22-13-8-7-12(14(18)15(13)19)20-16(21)17(2)9-5-4-6-10-17/h3,7-8H,1,4-6,9-11H2,2H3,(H,20,21). The smallest absolute Gasteiger partial charge is 0.230 e. The Hall–Kier alpha value is -1.19. The van der Waals surface area contributed by atoms with E-state index in [-0.39, 0.29) is 11.3 Å². The van der Waals surface area contributed by atoms with Gasteiger partial charge in [-0.3, -0.25) is 4.79 Å². The summed E-state index contributed by atoms with van der Waals surface area (Å²) < 4.78 is 5.42. The van der Waals surface area contributed by atoms with E-state index in [1.54, 1.807) is 18.2 Å². The molecule has 1 saturated carbocycles. The number of ether oxygens (including phenoxy) is 1. The summed E-state index contributed by atoms with van der Waals surface area (Å²) in [6, 6.07) is 3.42. The molecule has 0 saturated heterocycles. The molecule has 0 radical (unpaired) electrons. The molecule has 1 aliphatic rings. The van der Waals surface area contributed by atoms with Gasteiger partial charge in [0.05, 0.1) is 10.7 Å². The third kappa shape index (κ3) is 3.76. The van der Waals surface area contributed by atoms with E-state index in [9.17, 15) is 4.79 Å². The van der Waals surface area contributed by atoms with Crippen LogP contribution in [-0.4, -0.2) is 12.5 Å². The van der Waals surface area contributed by atoms with Gasteiger partial charge in [0, 0.05) is 5.41 Å². The van der Waals surface area contributed by atoms with Crippen LogP contribution < -0.4 is 10.1 Å². The molecule has 0 aliphatic heterocycles. The molecule has 1 aliphatic carbocycles. The summed E-state index contributed by atoms with van der Waals surface area (Å²) >= 11 is 12.4. The van der Waals surface area contributed by atoms with Crippen molar-refractivity contribution in [2.75, 3.05) is 11.9 Å². The van der Waals surface area contributed by atoms with Crippen LogP contribution in [0.15, 0.2) is 24.8 Å². The number of rotatable bonds is 5. The summed E-state index contributed by atoms with van der Waals surface area (Å²) in [6.45, 7) is 5.95. The fourth-order valence-electron chi connectivity index (χ4n) is 2.72. The van der Waals surface area contributed by atoms with Crippen LogP contribution in [0.25, 0.3) is 0 Å². The van der Waals surface area contributed by atoms with Crippen LogP contribution in [-0.2, 0) is 4.79 Å². The van der Waals surface area contributed by atoms with Crippen LogP contribution in [0.2, 0.25) is 10.0 Å². The van der Waals surface area contributed by atoms with E-state index >= 15 is 0 Å². The van der Waals surface area contributed by atoms with Crippen molar-refractivity contribution in [1.82, 2.24) is 0 Å². The van der Waals surface area contributed by atoms with Crippen molar-refractivity contribution in [3.05, 3.63) is 34.8 Å². The molecule has 2 rings (SSSR count). The maximum Gasteiger partial charge on any atom is 0.230 e. The maximum absolute atomic E-state index is 12.6. The highest BCUT2D eigenvalue weighted by Gasteiger charge is 2.34. The Morgan fingerprint density at radius 3 is 2.64 bits per heavy atom. The average Bonchev–Trinajstić information content (AvgIpc) is 2.52. The summed E-state index contributed by atoms with van der Waals surface area (Å²) in [5, 5.41) is 3.52. The van der Waals surface area contributed by atoms with E-state index in [1.807, 2.05) is 6.92 Å². The highest BCUT2D eigenvalue weighted by Crippen LogP contribution is 2.40. The molecule has 0 bridgehead atoms. The van der Waals surface area contributed by atoms with E-state index in [2.05, 4.69) is 11.9 Å². The van der Waals surface area contributed by atoms with E-state index in [4.69, 9.17) is 27.9 Å². The van der Waals surface area contributed by atoms with Gasteiger partial charge in [0.1, 0.15) is 17.4 Å². The maximum atomic E-state index is 12.6. The molecule has 1 N–H and O–H groups in total. The Bertz CT molecular complexity index is 566. The van der Waals surface area contributed by atoms with Crippen molar-refractivity contribution in [1.29, 1.82) is 0 Å². The molecule has 1 aromatic rings. The quantitative estimate of drug-likeness (QED) is 0.721. The van der Waals surface area contributed by atoms with Crippen molar-refractivity contribution < 1.29 is 9.53 Å². The minimum absolute atomic E-state index is 0.00456. The Kier molecular flexibility index (Phi) is 5.76. The van der Waals surface area contributed by atoms with Gasteiger partial charge >= 0.3 is 0 Å². The predicted molar refractivity (Wildman–Crippen MR) is 92.0 cm³/mol. The van der Waals surface area contributed by atoms with Gasteiger partial charge in [0.25, 0.3) is 0 Å². The number of halogens is 2. The van der Waals surface area contributed by atoms with Crippen LogP contribution in [0.1, 0.15) is 39.0 Å². The van der Waals surface area contributed by atoms with E-state index in [0.717, 1.165) is 25.7 Å². The zero-order valence-corrected chi connectivity index (χ0v) is 14.3. The van der Waals surface area contributed by atoms with E-state index in [0.29, 0.717) is 28.1 Å². The number of anilines is 1. The molecule has 0 spiro atoms. The average molecular weight is 342 g/mol. The summed E-state index contributed by atoms with van der Waals surface area (Å²) in [5.41, 5.74) is 0.195. The lowest BCUT2D eigenvalue weighted by atomic mass is 9.75. The van der Waals surface area contributed by atoms with Crippen molar-refractivity contribution in [3.63, 3.8) is 0 Å². The number of hydrogen-bond acceptors (Lipinski definition) is 2. The SMILES string of the molecule is C=CCOc1ccc(NC(=O)C2(C)CCCCC2)c(Cl)c1Cl. The summed E-state index contributed by atoms with van der Waals surface area (Å²) in [4.78, 5) is 12.6. The second kappa shape index (κ2) is 7.38. The van der Waals surface area contributed by atoms with Gasteiger partial charge < -0.3 is 10.1 Å². The Morgan fingerprint density at radius 2 is 2.00 bits per heavy atom. The van der Waals surface area contributed by atoms with E-state index in [1.165, 1.54) is 6.42 Å². The third-order valence-electron chi connectivity index (χ3n) is 4.16. The zero-order chi connectivity index (χ0) is 16.2. The van der Waals surface area contributed by atoms with Crippen LogP contribution in [0.3, 0.4) is 0 Å². The molecule has 0 atom stereocenters. The fraction of sp³-hybridized carbons (Fsp3) is 0.471. The largest absolute Gasteiger partial charge is 0.488 e. The molecule has 120 valence electrons. The first-order valence-electron chi connectivity index (χ1n) is 7.51. The topological polar surface area (TPSA) is 38.3 Å². The minimum Gasteiger partial charge on any atom is -0.488 e. The van der Waals surface area contributed by atoms with Gasteiger partial charge in [-0.05, 0) is 25.0 Å². The number of amides is 1. The summed E-state index contributed by atoms with van der Waals surface area (Å²) in [5.74, 6) is 0.485. The second-order valence-corrected chi connectivity index (χ2v) is 6.67. The second-order valence-electron chi connectivity index (χ2n) is 5.91. The lowest BCUT2D eigenvalue weighted by Crippen LogP contribution is -2.35. The lowest BCUT2D eigenvalue weighted by Gasteiger charge is -2.32. The van der Waals surface area contributed by atoms with Crippen molar-refractivity contribution >= 4 is 34.8 Å². The van der Waals surface area contributed by atoms with Gasteiger partial charge in [0.15, 0.2) is 0 Å². The first kappa shape index (κ1) is 17.2. The molecule has 22 heavy (non-hydrogen) atoms. The highest BCUT2D eigenvalue weighted by molar-refractivity contribution is 6.44. The molecule has 1 fully saturated rings. The molecule has 0 unspecified atom stereocenters. The number of hydrogen-bond donors (Lipinski definition) is 1. The van der Waals surface area contributed by atoms with Crippen molar-refractivity contribution in [2.24, 2.45) is 5.41 Å². The monoisotopic (exact) mass is 341 g/mol. The van der Waals surface area contributed by atoms with Crippen LogP contribution in [0, 0.1) is 5.41 Å². The van der Waals surface area contributed by atoms with Gasteiger partial charge in [-0.15, -0.1) is 0 Å². The normalized spacial score (nSPS) is 16.9. The molecule has 3 nitrogen and oxygen atoms in total. The summed E-state index contributed by atoms with van der Waals surface area (Å²) in [7, 11) is 0. The van der Waals surface area contributed by atoms with Gasteiger partial charge in [-0.25, -0.2) is 0 Å². The molecular weight excluding hydrogens is 321 g/mol. The van der Waals surface area contributed by atoms with Crippen molar-refractivity contribution in [2.45, 2.75) is 39.0 Å². The molecule has 0 aromatic heterocycles. The number of carbonyl (C=O) groups excluding carboxylic acids is 1. The molecule has 5 heteroatoms. The molecule has 1 aromatic carbocycles. The Labute approximate surface area is 141 Å². The molecule has 1 amide bonds. The Balaban J connectivity index is 2.14. The molecular formula is C17H21Cl2NO2. The first-order chi connectivity index (χ1) is 10.5. The Morgan fingerprint density at radius 1 is 1.32 bits per heavy atom. The van der Waals surface area contributed by atoms with E-state index < -0.39 is 0 Å². The number of nitrogens with one attached hydrogen (secondary N) is 1. The van der Waals surface area contributed by atoms with Crippen molar-refractivity contribution in [3.8, 4) is 5.75 Å². The summed E-state index contributed by atoms with van der Waals surface area (Å²) in [6.07, 6.45) is 6.82. The lowest BCUT2D eigenvalue weighted by molar-refractivity contribution is -0.126. The van der Waals surface area contributed by atoms with Crippen LogP contribution >= 0.6 is 23.2 Å². The van der Waals surface area contributed by atoms with Gasteiger partial charge in [-0.2, -0.15) is 0 Å². The van der Waals surface area contributed by atoms with Gasteiger partial charge in [-0.1, -0.05) is 62.0 Å². The first-order valence-corrected chi connectivity index (χ1v) is 8.27. The minimum atomic E-state index is -0.327. The van der Waals surface area contributed by atoms with Crippen LogP contribution in [0.5, 0.6) is 5.75 Å².